The number of aliphatic hydroxyl groups is 1. The summed E-state index contributed by atoms with van der Waals surface area (Å²) >= 11 is 1.70. The summed E-state index contributed by atoms with van der Waals surface area (Å²) in [6.45, 7) is 7.35. The minimum Gasteiger partial charge on any atom is -0.396 e. The first kappa shape index (κ1) is 15.2. The van der Waals surface area contributed by atoms with Crippen LogP contribution in [0.25, 0.3) is 0 Å². The van der Waals surface area contributed by atoms with Crippen molar-refractivity contribution in [3.63, 3.8) is 0 Å². The Morgan fingerprint density at radius 1 is 1.28 bits per heavy atom. The van der Waals surface area contributed by atoms with E-state index >= 15 is 0 Å². The van der Waals surface area contributed by atoms with E-state index in [0.717, 1.165) is 53.8 Å². The summed E-state index contributed by atoms with van der Waals surface area (Å²) in [5, 5.41) is 13.2. The van der Waals surface area contributed by atoms with E-state index in [9.17, 15) is 0 Å². The molecule has 0 aliphatic carbocycles. The van der Waals surface area contributed by atoms with E-state index in [0.29, 0.717) is 0 Å². The molecule has 0 bridgehead atoms. The highest BCUT2D eigenvalue weighted by atomic mass is 32.2. The number of hydrogen-bond acceptors (Lipinski definition) is 5. The van der Waals surface area contributed by atoms with E-state index in [4.69, 9.17) is 5.11 Å². The molecular weight excluding hydrogens is 246 g/mol. The Morgan fingerprint density at radius 3 is 2.67 bits per heavy atom. The lowest BCUT2D eigenvalue weighted by Gasteiger charge is -2.12. The summed E-state index contributed by atoms with van der Waals surface area (Å²) < 4.78 is 0. The first-order valence-electron chi connectivity index (χ1n) is 6.57. The molecule has 0 fully saturated rings. The summed E-state index contributed by atoms with van der Waals surface area (Å²) in [4.78, 5) is 9.16. The third-order valence-corrected chi connectivity index (χ3v) is 3.67. The third kappa shape index (κ3) is 4.46. The normalized spacial score (nSPS) is 10.7. The van der Waals surface area contributed by atoms with Gasteiger partial charge in [-0.3, -0.25) is 0 Å². The molecular formula is C13H23N3OS. The van der Waals surface area contributed by atoms with Gasteiger partial charge in [0.25, 0.3) is 0 Å². The van der Waals surface area contributed by atoms with E-state index in [1.165, 1.54) is 0 Å². The molecule has 18 heavy (non-hydrogen) atoms. The van der Waals surface area contributed by atoms with Gasteiger partial charge in [0.15, 0.2) is 0 Å². The monoisotopic (exact) mass is 269 g/mol. The molecule has 0 aromatic carbocycles. The Hall–Kier alpha value is -0.810. The lowest BCUT2D eigenvalue weighted by atomic mass is 10.3. The maximum absolute atomic E-state index is 8.83. The second kappa shape index (κ2) is 8.32. The zero-order valence-electron chi connectivity index (χ0n) is 11.5. The molecule has 0 aliphatic heterocycles. The Bertz CT molecular complexity index is 371. The summed E-state index contributed by atoms with van der Waals surface area (Å²) in [6, 6.07) is 0. The van der Waals surface area contributed by atoms with Gasteiger partial charge < -0.3 is 10.4 Å². The first-order valence-corrected chi connectivity index (χ1v) is 7.56. The third-order valence-electron chi connectivity index (χ3n) is 2.51. The van der Waals surface area contributed by atoms with Crippen molar-refractivity contribution in [2.45, 2.75) is 45.1 Å². The fraction of sp³-hybridized carbons (Fsp3) is 0.692. The zero-order chi connectivity index (χ0) is 13.4. The molecule has 1 heterocycles. The molecule has 0 saturated heterocycles. The molecule has 0 amide bonds. The van der Waals surface area contributed by atoms with Crippen LogP contribution in [0.3, 0.4) is 0 Å². The topological polar surface area (TPSA) is 58.0 Å². The molecule has 1 aromatic heterocycles. The maximum Gasteiger partial charge on any atom is 0.133 e. The Labute approximate surface area is 114 Å². The molecule has 0 atom stereocenters. The van der Waals surface area contributed by atoms with Crippen LogP contribution in [0.2, 0.25) is 0 Å². The van der Waals surface area contributed by atoms with Gasteiger partial charge in [-0.15, -0.1) is 11.8 Å². The van der Waals surface area contributed by atoms with Crippen molar-refractivity contribution in [1.82, 2.24) is 9.97 Å². The van der Waals surface area contributed by atoms with Crippen molar-refractivity contribution in [3.05, 3.63) is 11.4 Å². The van der Waals surface area contributed by atoms with Crippen LogP contribution in [0.4, 0.5) is 5.82 Å². The summed E-state index contributed by atoms with van der Waals surface area (Å²) in [7, 11) is 0. The van der Waals surface area contributed by atoms with Crippen LogP contribution in [-0.4, -0.2) is 34.0 Å². The highest BCUT2D eigenvalue weighted by Crippen LogP contribution is 2.25. The van der Waals surface area contributed by atoms with Gasteiger partial charge in [0.2, 0.25) is 0 Å². The Morgan fingerprint density at radius 2 is 2.06 bits per heavy atom. The van der Waals surface area contributed by atoms with Crippen molar-refractivity contribution >= 4 is 17.6 Å². The number of aromatic nitrogens is 2. The summed E-state index contributed by atoms with van der Waals surface area (Å²) in [5.74, 6) is 2.75. The van der Waals surface area contributed by atoms with E-state index < -0.39 is 0 Å². The number of hydrogen-bond donors (Lipinski definition) is 2. The first-order chi connectivity index (χ1) is 8.72. The van der Waals surface area contributed by atoms with Crippen LogP contribution < -0.4 is 5.32 Å². The van der Waals surface area contributed by atoms with Gasteiger partial charge in [-0.05, 0) is 26.7 Å². The minimum absolute atomic E-state index is 0.235. The van der Waals surface area contributed by atoms with E-state index in [1.54, 1.807) is 11.8 Å². The van der Waals surface area contributed by atoms with Gasteiger partial charge in [-0.2, -0.15) is 0 Å². The number of anilines is 1. The van der Waals surface area contributed by atoms with Gasteiger partial charge in [0.1, 0.15) is 16.7 Å². The van der Waals surface area contributed by atoms with E-state index in [2.05, 4.69) is 36.1 Å². The second-order valence-electron chi connectivity index (χ2n) is 4.12. The van der Waals surface area contributed by atoms with E-state index in [1.807, 2.05) is 0 Å². The van der Waals surface area contributed by atoms with Crippen LogP contribution in [0, 0.1) is 6.92 Å². The molecule has 1 aromatic rings. The highest BCUT2D eigenvalue weighted by Gasteiger charge is 2.10. The predicted octanol–water partition coefficient (Wildman–Crippen LogP) is 2.64. The average molecular weight is 269 g/mol. The number of nitrogens with one attached hydrogen (secondary N) is 1. The molecule has 0 unspecified atom stereocenters. The van der Waals surface area contributed by atoms with Crippen LogP contribution in [-0.2, 0) is 6.42 Å². The van der Waals surface area contributed by atoms with Gasteiger partial charge in [0, 0.05) is 30.9 Å². The van der Waals surface area contributed by atoms with Gasteiger partial charge in [-0.25, -0.2) is 9.97 Å². The smallest absolute Gasteiger partial charge is 0.133 e. The number of nitrogens with zero attached hydrogens (tertiary/aromatic N) is 2. The van der Waals surface area contributed by atoms with Gasteiger partial charge >= 0.3 is 0 Å². The number of aryl methyl sites for hydroxylation is 1. The Kier molecular flexibility index (Phi) is 7.05. The molecule has 102 valence electrons. The quantitative estimate of drug-likeness (QED) is 0.431. The minimum atomic E-state index is 0.235. The summed E-state index contributed by atoms with van der Waals surface area (Å²) in [6.07, 6.45) is 2.76. The molecule has 0 spiro atoms. The van der Waals surface area contributed by atoms with Crippen molar-refractivity contribution in [2.75, 3.05) is 24.2 Å². The van der Waals surface area contributed by atoms with Crippen molar-refractivity contribution in [2.24, 2.45) is 0 Å². The molecule has 0 saturated carbocycles. The van der Waals surface area contributed by atoms with Crippen LogP contribution >= 0.6 is 11.8 Å². The molecule has 4 nitrogen and oxygen atoms in total. The molecule has 0 aliphatic rings. The standard InChI is InChI=1S/C13H23N3OS/c1-4-7-11-15-12(14-5-2)10(3)13(16-11)18-9-6-8-17/h17H,4-9H2,1-3H3,(H,14,15,16). The lowest BCUT2D eigenvalue weighted by Crippen LogP contribution is -2.07. The van der Waals surface area contributed by atoms with Crippen molar-refractivity contribution < 1.29 is 5.11 Å². The average Bonchev–Trinajstić information content (AvgIpc) is 2.35. The molecule has 2 N–H and O–H groups in total. The largest absolute Gasteiger partial charge is 0.396 e. The van der Waals surface area contributed by atoms with Gasteiger partial charge in [0.05, 0.1) is 0 Å². The molecule has 5 heteroatoms. The number of aliphatic hydroxyl groups excluding tert-OH is 1. The molecule has 0 radical (unpaired) electrons. The fourth-order valence-corrected chi connectivity index (χ4v) is 2.54. The Balaban J connectivity index is 2.90. The summed E-state index contributed by atoms with van der Waals surface area (Å²) in [5.41, 5.74) is 1.11. The SMILES string of the molecule is CCCc1nc(NCC)c(C)c(SCCCO)n1. The van der Waals surface area contributed by atoms with Gasteiger partial charge in [-0.1, -0.05) is 6.92 Å². The fourth-order valence-electron chi connectivity index (χ4n) is 1.59. The lowest BCUT2D eigenvalue weighted by molar-refractivity contribution is 0.296. The number of rotatable bonds is 8. The van der Waals surface area contributed by atoms with Crippen LogP contribution in [0.15, 0.2) is 5.03 Å². The maximum atomic E-state index is 8.83. The van der Waals surface area contributed by atoms with Crippen molar-refractivity contribution in [1.29, 1.82) is 0 Å². The zero-order valence-corrected chi connectivity index (χ0v) is 12.3. The van der Waals surface area contributed by atoms with Crippen molar-refractivity contribution in [3.8, 4) is 0 Å². The second-order valence-corrected chi connectivity index (χ2v) is 5.21. The predicted molar refractivity (Wildman–Crippen MR) is 77.4 cm³/mol. The molecule has 1 rings (SSSR count). The van der Waals surface area contributed by atoms with Crippen LogP contribution in [0.5, 0.6) is 0 Å². The number of thioether (sulfide) groups is 1. The van der Waals surface area contributed by atoms with Crippen LogP contribution in [0.1, 0.15) is 38.1 Å². The van der Waals surface area contributed by atoms with E-state index in [-0.39, 0.29) is 6.61 Å². The highest BCUT2D eigenvalue weighted by molar-refractivity contribution is 7.99.